The number of carbonyl (C=O) groups excluding carboxylic acids is 3. The lowest BCUT2D eigenvalue weighted by molar-refractivity contribution is -0.151. The quantitative estimate of drug-likeness (QED) is 0.556. The van der Waals surface area contributed by atoms with E-state index in [4.69, 9.17) is 4.74 Å². The van der Waals surface area contributed by atoms with Crippen LogP contribution in [0.5, 0.6) is 0 Å². The first kappa shape index (κ1) is 22.1. The summed E-state index contributed by atoms with van der Waals surface area (Å²) in [6.07, 6.45) is -1.14. The van der Waals surface area contributed by atoms with Crippen molar-refractivity contribution in [2.45, 2.75) is 24.8 Å². The lowest BCUT2D eigenvalue weighted by Crippen LogP contribution is -2.35. The third-order valence-corrected chi connectivity index (χ3v) is 5.03. The molecule has 3 N–H and O–H groups in total. The molecule has 0 aliphatic rings. The fraction of sp³-hybridized carbons (Fsp3) is 0.211. The summed E-state index contributed by atoms with van der Waals surface area (Å²) in [5, 5.41) is 5.15. The molecule has 29 heavy (non-hydrogen) atoms. The van der Waals surface area contributed by atoms with Crippen LogP contribution in [0.1, 0.15) is 13.8 Å². The Morgan fingerprint density at radius 3 is 2.03 bits per heavy atom. The van der Waals surface area contributed by atoms with E-state index in [0.717, 1.165) is 0 Å². The molecule has 0 aliphatic heterocycles. The number of hydrogen-bond acceptors (Lipinski definition) is 6. The van der Waals surface area contributed by atoms with Crippen LogP contribution >= 0.6 is 0 Å². The lowest BCUT2D eigenvalue weighted by atomic mass is 10.2. The smallest absolute Gasteiger partial charge is 0.321 e. The summed E-state index contributed by atoms with van der Waals surface area (Å²) in [5.74, 6) is -1.70. The molecule has 0 saturated carbocycles. The van der Waals surface area contributed by atoms with Gasteiger partial charge < -0.3 is 15.4 Å². The molecule has 0 spiro atoms. The van der Waals surface area contributed by atoms with Crippen molar-refractivity contribution in [2.75, 3.05) is 17.2 Å². The Morgan fingerprint density at radius 2 is 1.48 bits per heavy atom. The molecule has 0 bridgehead atoms. The van der Waals surface area contributed by atoms with Crippen LogP contribution in [-0.4, -0.2) is 38.9 Å². The molecular formula is C19H21N3O6S. The zero-order valence-electron chi connectivity index (χ0n) is 15.8. The number of amides is 2. The van der Waals surface area contributed by atoms with Gasteiger partial charge in [-0.3, -0.25) is 14.4 Å². The van der Waals surface area contributed by atoms with Crippen LogP contribution in [0.15, 0.2) is 59.5 Å². The zero-order chi connectivity index (χ0) is 21.4. The number of nitrogens with one attached hydrogen (secondary N) is 3. The van der Waals surface area contributed by atoms with Gasteiger partial charge in [0, 0.05) is 18.3 Å². The number of esters is 1. The molecule has 0 unspecified atom stereocenters. The zero-order valence-corrected chi connectivity index (χ0v) is 16.7. The van der Waals surface area contributed by atoms with Crippen molar-refractivity contribution in [3.63, 3.8) is 0 Å². The monoisotopic (exact) mass is 419 g/mol. The molecule has 0 aliphatic carbocycles. The summed E-state index contributed by atoms with van der Waals surface area (Å²) in [6, 6.07) is 13.9. The number of sulfonamides is 1. The van der Waals surface area contributed by atoms with Crippen molar-refractivity contribution in [1.29, 1.82) is 0 Å². The minimum atomic E-state index is -3.85. The maximum Gasteiger partial charge on any atom is 0.321 e. The van der Waals surface area contributed by atoms with Crippen molar-refractivity contribution in [3.05, 3.63) is 54.6 Å². The Hall–Kier alpha value is -3.24. The molecule has 1 atom stereocenters. The van der Waals surface area contributed by atoms with E-state index < -0.39 is 34.5 Å². The van der Waals surface area contributed by atoms with Crippen molar-refractivity contribution in [3.8, 4) is 0 Å². The fourth-order valence-electron chi connectivity index (χ4n) is 2.21. The van der Waals surface area contributed by atoms with Crippen LogP contribution in [0, 0.1) is 0 Å². The second kappa shape index (κ2) is 9.80. The molecule has 0 fully saturated rings. The van der Waals surface area contributed by atoms with Gasteiger partial charge in [0.15, 0.2) is 6.10 Å². The Morgan fingerprint density at radius 1 is 0.931 bits per heavy atom. The summed E-state index contributed by atoms with van der Waals surface area (Å²) >= 11 is 0. The molecule has 2 aromatic rings. The van der Waals surface area contributed by atoms with E-state index in [-0.39, 0.29) is 10.8 Å². The number of hydrogen-bond donors (Lipinski definition) is 3. The van der Waals surface area contributed by atoms with E-state index in [0.29, 0.717) is 11.4 Å². The van der Waals surface area contributed by atoms with Crippen molar-refractivity contribution < 1.29 is 27.5 Å². The van der Waals surface area contributed by atoms with Gasteiger partial charge in [-0.2, -0.15) is 4.72 Å². The minimum Gasteiger partial charge on any atom is -0.452 e. The van der Waals surface area contributed by atoms with Crippen molar-refractivity contribution in [1.82, 2.24) is 4.72 Å². The Balaban J connectivity index is 1.84. The van der Waals surface area contributed by atoms with Crippen LogP contribution in [0.2, 0.25) is 0 Å². The first-order chi connectivity index (χ1) is 13.7. The molecule has 10 heteroatoms. The summed E-state index contributed by atoms with van der Waals surface area (Å²) < 4.78 is 31.2. The van der Waals surface area contributed by atoms with Gasteiger partial charge in [0.1, 0.15) is 6.54 Å². The standard InChI is InChI=1S/C19H21N3O6S/c1-13(19(25)22-16-10-8-15(9-11-16)21-14(2)23)28-18(24)12-20-29(26,27)17-6-4-3-5-7-17/h3-11,13,20H,12H2,1-2H3,(H,21,23)(H,22,25)/t13-/m1/s1. The molecule has 9 nitrogen and oxygen atoms in total. The molecular weight excluding hydrogens is 398 g/mol. The van der Waals surface area contributed by atoms with Gasteiger partial charge in [0.05, 0.1) is 4.90 Å². The Kier molecular flexibility index (Phi) is 7.46. The SMILES string of the molecule is CC(=O)Nc1ccc(NC(=O)[C@@H](C)OC(=O)CNS(=O)(=O)c2ccccc2)cc1. The van der Waals surface area contributed by atoms with Gasteiger partial charge in [-0.25, -0.2) is 8.42 Å². The fourth-order valence-corrected chi connectivity index (χ4v) is 3.20. The third-order valence-electron chi connectivity index (χ3n) is 3.61. The highest BCUT2D eigenvalue weighted by Gasteiger charge is 2.20. The predicted octanol–water partition coefficient (Wildman–Crippen LogP) is 1.49. The number of benzene rings is 2. The van der Waals surface area contributed by atoms with Gasteiger partial charge in [0.2, 0.25) is 15.9 Å². The second-order valence-electron chi connectivity index (χ2n) is 6.02. The molecule has 2 amide bonds. The summed E-state index contributed by atoms with van der Waals surface area (Å²) in [5.41, 5.74) is 1.01. The molecule has 0 aromatic heterocycles. The first-order valence-electron chi connectivity index (χ1n) is 8.60. The van der Waals surface area contributed by atoms with Gasteiger partial charge in [-0.15, -0.1) is 0 Å². The van der Waals surface area contributed by atoms with E-state index in [1.54, 1.807) is 42.5 Å². The highest BCUT2D eigenvalue weighted by molar-refractivity contribution is 7.89. The van der Waals surface area contributed by atoms with E-state index in [9.17, 15) is 22.8 Å². The van der Waals surface area contributed by atoms with Crippen molar-refractivity contribution in [2.24, 2.45) is 0 Å². The van der Waals surface area contributed by atoms with Gasteiger partial charge in [-0.1, -0.05) is 18.2 Å². The largest absolute Gasteiger partial charge is 0.452 e. The average Bonchev–Trinajstić information content (AvgIpc) is 2.68. The molecule has 0 saturated heterocycles. The van der Waals surface area contributed by atoms with E-state index >= 15 is 0 Å². The van der Waals surface area contributed by atoms with E-state index in [1.807, 2.05) is 0 Å². The summed E-state index contributed by atoms with van der Waals surface area (Å²) in [4.78, 5) is 35.0. The Labute approximate surface area is 168 Å². The highest BCUT2D eigenvalue weighted by atomic mass is 32.2. The van der Waals surface area contributed by atoms with Crippen LogP contribution in [-0.2, 0) is 29.1 Å². The maximum absolute atomic E-state index is 12.1. The van der Waals surface area contributed by atoms with Crippen LogP contribution in [0.3, 0.4) is 0 Å². The number of ether oxygens (including phenoxy) is 1. The van der Waals surface area contributed by atoms with Gasteiger partial charge >= 0.3 is 5.97 Å². The third kappa shape index (κ3) is 7.01. The lowest BCUT2D eigenvalue weighted by Gasteiger charge is -2.14. The van der Waals surface area contributed by atoms with Crippen LogP contribution in [0.4, 0.5) is 11.4 Å². The summed E-state index contributed by atoms with van der Waals surface area (Å²) in [7, 11) is -3.85. The predicted molar refractivity (Wildman–Crippen MR) is 107 cm³/mol. The van der Waals surface area contributed by atoms with Gasteiger partial charge in [-0.05, 0) is 43.3 Å². The Bertz CT molecular complexity index is 975. The molecule has 0 heterocycles. The summed E-state index contributed by atoms with van der Waals surface area (Å²) in [6.45, 7) is 2.14. The number of rotatable bonds is 8. The highest BCUT2D eigenvalue weighted by Crippen LogP contribution is 2.14. The average molecular weight is 419 g/mol. The molecule has 0 radical (unpaired) electrons. The van der Waals surface area contributed by atoms with E-state index in [2.05, 4.69) is 15.4 Å². The molecule has 2 aromatic carbocycles. The number of carbonyl (C=O) groups is 3. The first-order valence-corrected chi connectivity index (χ1v) is 10.1. The van der Waals surface area contributed by atoms with E-state index in [1.165, 1.54) is 26.0 Å². The van der Waals surface area contributed by atoms with Crippen LogP contribution < -0.4 is 15.4 Å². The van der Waals surface area contributed by atoms with Gasteiger partial charge in [0.25, 0.3) is 5.91 Å². The number of anilines is 2. The maximum atomic E-state index is 12.1. The van der Waals surface area contributed by atoms with Crippen molar-refractivity contribution >= 4 is 39.2 Å². The normalized spacial score (nSPS) is 11.9. The molecule has 154 valence electrons. The molecule has 2 rings (SSSR count). The topological polar surface area (TPSA) is 131 Å². The van der Waals surface area contributed by atoms with Crippen LogP contribution in [0.25, 0.3) is 0 Å². The second-order valence-corrected chi connectivity index (χ2v) is 7.78. The minimum absolute atomic E-state index is 0.0151.